The van der Waals surface area contributed by atoms with Gasteiger partial charge in [-0.05, 0) is 17.7 Å². The molecule has 1 fully saturated rings. The third-order valence-corrected chi connectivity index (χ3v) is 3.88. The van der Waals surface area contributed by atoms with Crippen molar-refractivity contribution in [3.05, 3.63) is 35.1 Å². The van der Waals surface area contributed by atoms with Crippen molar-refractivity contribution in [2.45, 2.75) is 16.4 Å². The summed E-state index contributed by atoms with van der Waals surface area (Å²) in [6.07, 6.45) is -4.31. The number of alkyl halides is 5. The first-order valence-corrected chi connectivity index (χ1v) is 5.65. The molecule has 1 aromatic rings. The fourth-order valence-electron chi connectivity index (χ4n) is 1.90. The molecule has 18 heavy (non-hydrogen) atoms. The number of carbonyl (C=O) groups is 1. The average molecular weight is 301 g/mol. The zero-order valence-electron chi connectivity index (χ0n) is 8.64. The van der Waals surface area contributed by atoms with Gasteiger partial charge in [0.15, 0.2) is 0 Å². The maximum absolute atomic E-state index is 13.1. The predicted molar refractivity (Wildman–Crippen MR) is 58.1 cm³/mol. The molecular formula is C11H6Cl2F4O. The van der Waals surface area contributed by atoms with E-state index < -0.39 is 33.7 Å². The number of hydrogen-bond donors (Lipinski definition) is 0. The number of rotatable bonds is 2. The molecule has 0 amide bonds. The van der Waals surface area contributed by atoms with E-state index in [1.165, 1.54) is 0 Å². The van der Waals surface area contributed by atoms with E-state index in [1.807, 2.05) is 0 Å². The Morgan fingerprint density at radius 1 is 1.28 bits per heavy atom. The molecule has 0 bridgehead atoms. The van der Waals surface area contributed by atoms with E-state index in [0.29, 0.717) is 18.4 Å². The van der Waals surface area contributed by atoms with Crippen molar-refractivity contribution in [2.24, 2.45) is 5.92 Å². The van der Waals surface area contributed by atoms with Crippen LogP contribution in [0.1, 0.15) is 17.0 Å². The summed E-state index contributed by atoms with van der Waals surface area (Å²) in [7, 11) is 0. The molecule has 1 nitrogen and oxygen atoms in total. The van der Waals surface area contributed by atoms with Crippen LogP contribution < -0.4 is 0 Å². The van der Waals surface area contributed by atoms with Gasteiger partial charge in [-0.1, -0.05) is 6.07 Å². The minimum Gasteiger partial charge on any atom is -0.303 e. The molecule has 0 radical (unpaired) electrons. The van der Waals surface area contributed by atoms with Crippen LogP contribution in [0.2, 0.25) is 0 Å². The maximum atomic E-state index is 13.1. The van der Waals surface area contributed by atoms with Crippen LogP contribution in [-0.4, -0.2) is 10.6 Å². The van der Waals surface area contributed by atoms with Crippen LogP contribution in [0.25, 0.3) is 0 Å². The van der Waals surface area contributed by atoms with E-state index >= 15 is 0 Å². The topological polar surface area (TPSA) is 17.1 Å². The molecule has 0 saturated heterocycles. The quantitative estimate of drug-likeness (QED) is 0.459. The van der Waals surface area contributed by atoms with E-state index in [-0.39, 0.29) is 5.56 Å². The van der Waals surface area contributed by atoms with E-state index in [9.17, 15) is 22.4 Å². The smallest absolute Gasteiger partial charge is 0.303 e. The van der Waals surface area contributed by atoms with Crippen molar-refractivity contribution in [3.63, 3.8) is 0 Å². The van der Waals surface area contributed by atoms with Crippen molar-refractivity contribution in [1.82, 2.24) is 0 Å². The van der Waals surface area contributed by atoms with Crippen molar-refractivity contribution in [3.8, 4) is 0 Å². The summed E-state index contributed by atoms with van der Waals surface area (Å²) in [5, 5.41) is 0. The molecule has 7 heteroatoms. The van der Waals surface area contributed by atoms with Gasteiger partial charge >= 0.3 is 6.18 Å². The van der Waals surface area contributed by atoms with Crippen molar-refractivity contribution < 1.29 is 22.4 Å². The molecule has 2 rings (SSSR count). The SMILES string of the molecule is O=C[C@@H]1[C@@H](c2ccc(F)c(C(F)(F)F)c2)C1(Cl)Cl. The van der Waals surface area contributed by atoms with Crippen molar-refractivity contribution >= 4 is 29.5 Å². The Morgan fingerprint density at radius 3 is 2.33 bits per heavy atom. The number of hydrogen-bond acceptors (Lipinski definition) is 1. The second-order valence-electron chi connectivity index (χ2n) is 4.05. The molecule has 0 aliphatic heterocycles. The first-order chi connectivity index (χ1) is 8.19. The predicted octanol–water partition coefficient (Wildman–Crippen LogP) is 3.93. The fraction of sp³-hybridized carbons (Fsp3) is 0.364. The van der Waals surface area contributed by atoms with Gasteiger partial charge < -0.3 is 4.79 Å². The Balaban J connectivity index is 2.41. The molecule has 0 spiro atoms. The monoisotopic (exact) mass is 300 g/mol. The van der Waals surface area contributed by atoms with Crippen molar-refractivity contribution in [2.75, 3.05) is 0 Å². The zero-order chi connectivity index (χ0) is 13.7. The summed E-state index contributed by atoms with van der Waals surface area (Å²) in [6, 6.07) is 2.49. The highest BCUT2D eigenvalue weighted by molar-refractivity contribution is 6.53. The van der Waals surface area contributed by atoms with Crippen molar-refractivity contribution in [1.29, 1.82) is 0 Å². The van der Waals surface area contributed by atoms with Crippen LogP contribution in [0, 0.1) is 11.7 Å². The molecule has 0 heterocycles. The molecule has 0 N–H and O–H groups in total. The molecular weight excluding hydrogens is 295 g/mol. The van der Waals surface area contributed by atoms with E-state index in [4.69, 9.17) is 23.2 Å². The summed E-state index contributed by atoms with van der Waals surface area (Å²) in [5.41, 5.74) is -1.29. The van der Waals surface area contributed by atoms with Gasteiger partial charge in [-0.25, -0.2) is 4.39 Å². The number of aldehydes is 1. The fourth-order valence-corrected chi connectivity index (χ4v) is 2.66. The largest absolute Gasteiger partial charge is 0.419 e. The third-order valence-electron chi connectivity index (χ3n) is 2.91. The molecule has 2 atom stereocenters. The van der Waals surface area contributed by atoms with Gasteiger partial charge in [-0.15, -0.1) is 23.2 Å². The molecule has 0 aromatic heterocycles. The van der Waals surface area contributed by atoms with Gasteiger partial charge in [0, 0.05) is 5.92 Å². The minimum atomic E-state index is -4.80. The summed E-state index contributed by atoms with van der Waals surface area (Å²) in [6.45, 7) is 0. The Hall–Kier alpha value is -0.810. The standard InChI is InChI=1S/C11H6Cl2F4O/c12-10(13)7(4-18)9(10)5-1-2-8(14)6(3-5)11(15,16)17/h1-4,7,9H/t7-,9-/m1/s1. The highest BCUT2D eigenvalue weighted by atomic mass is 35.5. The van der Waals surface area contributed by atoms with Crippen LogP contribution in [0.5, 0.6) is 0 Å². The van der Waals surface area contributed by atoms with Gasteiger partial charge in [-0.2, -0.15) is 13.2 Å². The second kappa shape index (κ2) is 4.10. The Morgan fingerprint density at radius 2 is 1.89 bits per heavy atom. The summed E-state index contributed by atoms with van der Waals surface area (Å²) in [4.78, 5) is 10.7. The lowest BCUT2D eigenvalue weighted by Gasteiger charge is -2.10. The molecule has 98 valence electrons. The lowest BCUT2D eigenvalue weighted by molar-refractivity contribution is -0.140. The Kier molecular flexibility index (Phi) is 3.10. The second-order valence-corrected chi connectivity index (χ2v) is 5.50. The molecule has 1 aliphatic rings. The van der Waals surface area contributed by atoms with Crippen LogP contribution in [-0.2, 0) is 11.0 Å². The minimum absolute atomic E-state index is 0.103. The highest BCUT2D eigenvalue weighted by Crippen LogP contribution is 2.64. The average Bonchev–Trinajstić information content (AvgIpc) is 2.79. The molecule has 1 aliphatic carbocycles. The van der Waals surface area contributed by atoms with E-state index in [0.717, 1.165) is 6.07 Å². The Labute approximate surface area is 110 Å². The van der Waals surface area contributed by atoms with Crippen LogP contribution >= 0.6 is 23.2 Å². The van der Waals surface area contributed by atoms with Gasteiger partial charge in [0.1, 0.15) is 16.4 Å². The van der Waals surface area contributed by atoms with Gasteiger partial charge in [0.2, 0.25) is 0 Å². The van der Waals surface area contributed by atoms with Crippen LogP contribution in [0.15, 0.2) is 18.2 Å². The summed E-state index contributed by atoms with van der Waals surface area (Å²) in [5.74, 6) is -2.88. The van der Waals surface area contributed by atoms with Gasteiger partial charge in [0.05, 0.1) is 11.5 Å². The molecule has 1 aromatic carbocycles. The van der Waals surface area contributed by atoms with Crippen LogP contribution in [0.4, 0.5) is 17.6 Å². The lowest BCUT2D eigenvalue weighted by Crippen LogP contribution is -2.09. The zero-order valence-corrected chi connectivity index (χ0v) is 10.2. The van der Waals surface area contributed by atoms with Crippen LogP contribution in [0.3, 0.4) is 0 Å². The summed E-state index contributed by atoms with van der Waals surface area (Å²) >= 11 is 11.5. The number of carbonyl (C=O) groups excluding carboxylic acids is 1. The Bertz CT molecular complexity index is 498. The third kappa shape index (κ3) is 2.10. The first kappa shape index (κ1) is 13.6. The molecule has 0 unspecified atom stereocenters. The number of halogens is 6. The number of benzene rings is 1. The molecule has 1 saturated carbocycles. The van der Waals surface area contributed by atoms with E-state index in [1.54, 1.807) is 0 Å². The highest BCUT2D eigenvalue weighted by Gasteiger charge is 2.64. The first-order valence-electron chi connectivity index (χ1n) is 4.89. The normalized spacial score (nSPS) is 25.9. The lowest BCUT2D eigenvalue weighted by atomic mass is 10.0. The van der Waals surface area contributed by atoms with Gasteiger partial charge in [0.25, 0.3) is 0 Å². The van der Waals surface area contributed by atoms with Gasteiger partial charge in [-0.3, -0.25) is 0 Å². The van der Waals surface area contributed by atoms with E-state index in [2.05, 4.69) is 0 Å². The summed E-state index contributed by atoms with van der Waals surface area (Å²) < 4.78 is 49.2. The maximum Gasteiger partial charge on any atom is 0.419 e.